The highest BCUT2D eigenvalue weighted by molar-refractivity contribution is 6.30. The molecule has 0 spiro atoms. The van der Waals surface area contributed by atoms with Gasteiger partial charge < -0.3 is 10.6 Å². The molecule has 126 valence electrons. The number of anilines is 2. The van der Waals surface area contributed by atoms with Gasteiger partial charge in [0.05, 0.1) is 0 Å². The lowest BCUT2D eigenvalue weighted by atomic mass is 10.1. The Labute approximate surface area is 147 Å². The minimum Gasteiger partial charge on any atom is -0.370 e. The first-order chi connectivity index (χ1) is 11.6. The molecule has 1 aliphatic rings. The summed E-state index contributed by atoms with van der Waals surface area (Å²) in [6.07, 6.45) is 2.93. The molecule has 5 nitrogen and oxygen atoms in total. The Morgan fingerprint density at radius 1 is 1.38 bits per heavy atom. The van der Waals surface area contributed by atoms with Gasteiger partial charge in [-0.25, -0.2) is 9.78 Å². The van der Waals surface area contributed by atoms with Gasteiger partial charge in [0, 0.05) is 43.0 Å². The summed E-state index contributed by atoms with van der Waals surface area (Å²) in [5, 5.41) is 6.85. The number of halogens is 1. The molecular weight excluding hydrogens is 324 g/mol. The number of benzene rings is 1. The van der Waals surface area contributed by atoms with Gasteiger partial charge in [-0.1, -0.05) is 23.7 Å². The van der Waals surface area contributed by atoms with E-state index >= 15 is 0 Å². The Morgan fingerprint density at radius 3 is 3.08 bits per heavy atom. The van der Waals surface area contributed by atoms with E-state index in [-0.39, 0.29) is 6.03 Å². The van der Waals surface area contributed by atoms with Crippen LogP contribution in [-0.2, 0) is 12.8 Å². The molecule has 0 atom stereocenters. The summed E-state index contributed by atoms with van der Waals surface area (Å²) in [7, 11) is 1.72. The zero-order valence-electron chi connectivity index (χ0n) is 13.7. The van der Waals surface area contributed by atoms with Gasteiger partial charge in [-0.05, 0) is 42.7 Å². The first kappa shape index (κ1) is 16.6. The monoisotopic (exact) mass is 344 g/mol. The first-order valence-corrected chi connectivity index (χ1v) is 8.51. The second-order valence-corrected chi connectivity index (χ2v) is 6.30. The quantitative estimate of drug-likeness (QED) is 0.892. The van der Waals surface area contributed by atoms with Crippen molar-refractivity contribution in [2.75, 3.05) is 30.4 Å². The number of nitrogens with one attached hydrogen (secondary N) is 2. The highest BCUT2D eigenvalue weighted by Gasteiger charge is 2.12. The number of hydrogen-bond acceptors (Lipinski definition) is 3. The number of urea groups is 1. The fourth-order valence-corrected chi connectivity index (χ4v) is 2.91. The van der Waals surface area contributed by atoms with E-state index in [1.165, 1.54) is 5.56 Å². The number of carbonyl (C=O) groups excluding carboxylic acids is 1. The van der Waals surface area contributed by atoms with Crippen LogP contribution in [0.15, 0.2) is 36.4 Å². The lowest BCUT2D eigenvalue weighted by Crippen LogP contribution is -2.38. The van der Waals surface area contributed by atoms with Crippen LogP contribution in [0.3, 0.4) is 0 Å². The van der Waals surface area contributed by atoms with Crippen molar-refractivity contribution < 1.29 is 4.79 Å². The molecule has 2 aromatic rings. The van der Waals surface area contributed by atoms with Crippen LogP contribution in [0.1, 0.15) is 17.7 Å². The highest BCUT2D eigenvalue weighted by Crippen LogP contribution is 2.20. The predicted molar refractivity (Wildman–Crippen MR) is 98.0 cm³/mol. The van der Waals surface area contributed by atoms with Crippen LogP contribution in [0.25, 0.3) is 0 Å². The Morgan fingerprint density at radius 2 is 2.25 bits per heavy atom. The Kier molecular flexibility index (Phi) is 5.20. The second kappa shape index (κ2) is 7.53. The van der Waals surface area contributed by atoms with Crippen LogP contribution >= 0.6 is 11.6 Å². The van der Waals surface area contributed by atoms with Gasteiger partial charge in [-0.2, -0.15) is 0 Å². The smallest absolute Gasteiger partial charge is 0.321 e. The van der Waals surface area contributed by atoms with Crippen molar-refractivity contribution in [3.05, 3.63) is 52.7 Å². The van der Waals surface area contributed by atoms with E-state index in [1.54, 1.807) is 24.1 Å². The number of amides is 2. The van der Waals surface area contributed by atoms with Crippen molar-refractivity contribution in [2.45, 2.75) is 19.3 Å². The van der Waals surface area contributed by atoms with Gasteiger partial charge in [0.1, 0.15) is 5.82 Å². The average molecular weight is 345 g/mol. The van der Waals surface area contributed by atoms with Crippen LogP contribution in [-0.4, -0.2) is 31.2 Å². The van der Waals surface area contributed by atoms with Crippen molar-refractivity contribution in [1.29, 1.82) is 0 Å². The minimum absolute atomic E-state index is 0.159. The van der Waals surface area contributed by atoms with Gasteiger partial charge in [0.2, 0.25) is 0 Å². The lowest BCUT2D eigenvalue weighted by molar-refractivity contribution is 0.247. The maximum atomic E-state index is 12.2. The number of rotatable bonds is 4. The molecule has 2 N–H and O–H groups in total. The molecule has 0 saturated heterocycles. The molecule has 0 aliphatic carbocycles. The van der Waals surface area contributed by atoms with Crippen molar-refractivity contribution in [2.24, 2.45) is 0 Å². The lowest BCUT2D eigenvalue weighted by Gasteiger charge is -2.19. The molecule has 3 rings (SSSR count). The van der Waals surface area contributed by atoms with Crippen molar-refractivity contribution in [1.82, 2.24) is 10.3 Å². The maximum absolute atomic E-state index is 12.2. The Hall–Kier alpha value is -2.27. The summed E-state index contributed by atoms with van der Waals surface area (Å²) in [6.45, 7) is 1.51. The van der Waals surface area contributed by atoms with Crippen LogP contribution < -0.4 is 15.5 Å². The third-order valence-corrected chi connectivity index (χ3v) is 4.34. The molecule has 2 amide bonds. The van der Waals surface area contributed by atoms with Crippen LogP contribution in [0, 0.1) is 0 Å². The van der Waals surface area contributed by atoms with E-state index in [4.69, 9.17) is 11.6 Å². The summed E-state index contributed by atoms with van der Waals surface area (Å²) in [6, 6.07) is 11.2. The molecule has 0 saturated carbocycles. The van der Waals surface area contributed by atoms with Gasteiger partial charge >= 0.3 is 6.03 Å². The highest BCUT2D eigenvalue weighted by atomic mass is 35.5. The second-order valence-electron chi connectivity index (χ2n) is 5.86. The van der Waals surface area contributed by atoms with Crippen LogP contribution in [0.2, 0.25) is 5.02 Å². The minimum atomic E-state index is -0.159. The fraction of sp³-hybridized carbons (Fsp3) is 0.333. The third kappa shape index (κ3) is 3.97. The maximum Gasteiger partial charge on any atom is 0.321 e. The van der Waals surface area contributed by atoms with Gasteiger partial charge in [0.15, 0.2) is 0 Å². The number of pyridine rings is 1. The van der Waals surface area contributed by atoms with E-state index in [9.17, 15) is 4.79 Å². The zero-order chi connectivity index (χ0) is 16.9. The first-order valence-electron chi connectivity index (χ1n) is 8.13. The van der Waals surface area contributed by atoms with Crippen molar-refractivity contribution >= 4 is 29.1 Å². The number of aromatic nitrogens is 1. The van der Waals surface area contributed by atoms with Crippen molar-refractivity contribution in [3.63, 3.8) is 0 Å². The summed E-state index contributed by atoms with van der Waals surface area (Å²) >= 11 is 5.96. The molecule has 0 unspecified atom stereocenters. The molecule has 0 bridgehead atoms. The van der Waals surface area contributed by atoms with Gasteiger partial charge in [0.25, 0.3) is 0 Å². The summed E-state index contributed by atoms with van der Waals surface area (Å²) < 4.78 is 0. The van der Waals surface area contributed by atoms with Crippen LogP contribution in [0.4, 0.5) is 16.3 Å². The Balaban J connectivity index is 1.53. The molecule has 2 heterocycles. The van der Waals surface area contributed by atoms with E-state index in [2.05, 4.69) is 21.7 Å². The van der Waals surface area contributed by atoms with E-state index < -0.39 is 0 Å². The average Bonchev–Trinajstić information content (AvgIpc) is 2.61. The number of nitrogens with zero attached hydrogens (tertiary/aromatic N) is 2. The molecule has 0 fully saturated rings. The van der Waals surface area contributed by atoms with E-state index in [1.807, 2.05) is 18.2 Å². The molecule has 1 aromatic heterocycles. The molecule has 6 heteroatoms. The normalized spacial score (nSPS) is 12.9. The van der Waals surface area contributed by atoms with Gasteiger partial charge in [-0.15, -0.1) is 0 Å². The molecule has 1 aliphatic heterocycles. The van der Waals surface area contributed by atoms with Crippen molar-refractivity contribution in [3.8, 4) is 0 Å². The predicted octanol–water partition coefficient (Wildman–Crippen LogP) is 3.48. The molecule has 0 radical (unpaired) electrons. The third-order valence-electron chi connectivity index (χ3n) is 4.11. The molecule has 24 heavy (non-hydrogen) atoms. The van der Waals surface area contributed by atoms with E-state index in [0.717, 1.165) is 36.6 Å². The number of carbonyl (C=O) groups is 1. The standard InChI is InChI=1S/C18H21ClN4O/c1-23(16-6-2-5-14(19)12-16)18(24)21-11-9-15-8-7-13-4-3-10-20-17(13)22-15/h2,5-8,12H,3-4,9-11H2,1H3,(H,20,22)(H,21,24). The zero-order valence-corrected chi connectivity index (χ0v) is 14.4. The number of fused-ring (bicyclic) bond motifs is 1. The van der Waals surface area contributed by atoms with Crippen LogP contribution in [0.5, 0.6) is 0 Å². The van der Waals surface area contributed by atoms with E-state index in [0.29, 0.717) is 18.0 Å². The van der Waals surface area contributed by atoms with Gasteiger partial charge in [-0.3, -0.25) is 4.90 Å². The summed E-state index contributed by atoms with van der Waals surface area (Å²) in [5.41, 5.74) is 3.01. The summed E-state index contributed by atoms with van der Waals surface area (Å²) in [5.74, 6) is 0.987. The number of aryl methyl sites for hydroxylation is 1. The number of hydrogen-bond donors (Lipinski definition) is 2. The molecule has 1 aromatic carbocycles. The Bertz CT molecular complexity index is 735. The fourth-order valence-electron chi connectivity index (χ4n) is 2.73. The molecular formula is C18H21ClN4O. The largest absolute Gasteiger partial charge is 0.370 e. The summed E-state index contributed by atoms with van der Waals surface area (Å²) in [4.78, 5) is 18.4. The SMILES string of the molecule is CN(C(=O)NCCc1ccc2c(n1)NCCC2)c1cccc(Cl)c1. The topological polar surface area (TPSA) is 57.3 Å².